The molecule has 7 nitrogen and oxygen atoms in total. The van der Waals surface area contributed by atoms with E-state index in [9.17, 15) is 9.59 Å². The first-order valence-electron chi connectivity index (χ1n) is 5.98. The summed E-state index contributed by atoms with van der Waals surface area (Å²) in [4.78, 5) is 27.3. The summed E-state index contributed by atoms with van der Waals surface area (Å²) < 4.78 is 15.2. The van der Waals surface area contributed by atoms with Crippen LogP contribution in [0.2, 0.25) is 0 Å². The van der Waals surface area contributed by atoms with Crippen LogP contribution < -0.4 is 14.8 Å². The van der Waals surface area contributed by atoms with Gasteiger partial charge in [-0.25, -0.2) is 9.78 Å². The second-order valence-electron chi connectivity index (χ2n) is 4.03. The number of hydrogen-bond donors (Lipinski definition) is 1. The van der Waals surface area contributed by atoms with Gasteiger partial charge in [0.2, 0.25) is 6.79 Å². The average Bonchev–Trinajstić information content (AvgIpc) is 3.14. The fraction of sp³-hybridized carbons (Fsp3) is 0.154. The molecule has 0 fully saturated rings. The number of hydrogen-bond acceptors (Lipinski definition) is 7. The van der Waals surface area contributed by atoms with Crippen molar-refractivity contribution in [3.8, 4) is 11.5 Å². The van der Waals surface area contributed by atoms with Crippen LogP contribution in [0, 0.1) is 0 Å². The number of benzene rings is 1. The van der Waals surface area contributed by atoms with E-state index in [0.29, 0.717) is 22.2 Å². The van der Waals surface area contributed by atoms with E-state index in [1.54, 1.807) is 23.7 Å². The molecule has 1 aromatic carbocycles. The zero-order valence-electron chi connectivity index (χ0n) is 10.7. The van der Waals surface area contributed by atoms with Crippen molar-refractivity contribution in [3.63, 3.8) is 0 Å². The van der Waals surface area contributed by atoms with Crippen molar-refractivity contribution in [1.29, 1.82) is 0 Å². The third-order valence-corrected chi connectivity index (χ3v) is 3.31. The minimum absolute atomic E-state index is 0.129. The van der Waals surface area contributed by atoms with Crippen LogP contribution in [0.15, 0.2) is 29.8 Å². The monoisotopic (exact) mass is 306 g/mol. The van der Waals surface area contributed by atoms with Gasteiger partial charge in [0.1, 0.15) is 0 Å². The Hall–Kier alpha value is -2.61. The van der Waals surface area contributed by atoms with E-state index in [4.69, 9.17) is 14.2 Å². The normalized spacial score (nSPS) is 12.0. The number of nitrogens with one attached hydrogen (secondary N) is 1. The van der Waals surface area contributed by atoms with Gasteiger partial charge in [0.25, 0.3) is 5.91 Å². The van der Waals surface area contributed by atoms with Crippen molar-refractivity contribution in [3.05, 3.63) is 35.3 Å². The Bertz CT molecular complexity index is 671. The van der Waals surface area contributed by atoms with E-state index in [0.717, 1.165) is 0 Å². The molecule has 1 amide bonds. The molecule has 1 aliphatic heterocycles. The molecular weight excluding hydrogens is 296 g/mol. The van der Waals surface area contributed by atoms with E-state index in [1.165, 1.54) is 17.4 Å². The Morgan fingerprint density at radius 2 is 2.19 bits per heavy atom. The molecule has 8 heteroatoms. The molecule has 0 saturated heterocycles. The number of carbonyl (C=O) groups is 2. The lowest BCUT2D eigenvalue weighted by Gasteiger charge is -2.05. The molecule has 0 radical (unpaired) electrons. The standard InChI is InChI=1S/C13H10N2O5S/c16-11(15-13-14-3-4-21-13)6-18-12(17)8-1-2-9-10(5-8)20-7-19-9/h1-5H,6-7H2,(H,14,15,16). The molecule has 3 rings (SSSR count). The first-order valence-corrected chi connectivity index (χ1v) is 6.86. The highest BCUT2D eigenvalue weighted by atomic mass is 32.1. The predicted octanol–water partition coefficient (Wildman–Crippen LogP) is 1.67. The number of aromatic nitrogens is 1. The third kappa shape index (κ3) is 3.11. The lowest BCUT2D eigenvalue weighted by molar-refractivity contribution is -0.119. The second kappa shape index (κ2) is 5.80. The molecule has 21 heavy (non-hydrogen) atoms. The van der Waals surface area contributed by atoms with E-state index in [1.807, 2.05) is 0 Å². The zero-order chi connectivity index (χ0) is 14.7. The molecule has 0 saturated carbocycles. The Morgan fingerprint density at radius 1 is 1.33 bits per heavy atom. The first-order chi connectivity index (χ1) is 10.2. The summed E-state index contributed by atoms with van der Waals surface area (Å²) in [6.07, 6.45) is 1.57. The molecule has 108 valence electrons. The molecular formula is C13H10N2O5S. The Kier molecular flexibility index (Phi) is 3.69. The number of anilines is 1. The predicted molar refractivity (Wildman–Crippen MR) is 73.6 cm³/mol. The van der Waals surface area contributed by atoms with Crippen LogP contribution in [-0.4, -0.2) is 30.3 Å². The number of ether oxygens (including phenoxy) is 3. The number of thiazole rings is 1. The maximum atomic E-state index is 11.8. The highest BCUT2D eigenvalue weighted by molar-refractivity contribution is 7.13. The van der Waals surface area contributed by atoms with Crippen molar-refractivity contribution >= 4 is 28.3 Å². The zero-order valence-corrected chi connectivity index (χ0v) is 11.5. The summed E-state index contributed by atoms with van der Waals surface area (Å²) in [7, 11) is 0. The summed E-state index contributed by atoms with van der Waals surface area (Å²) in [5.41, 5.74) is 0.293. The molecule has 2 aromatic rings. The van der Waals surface area contributed by atoms with Crippen molar-refractivity contribution in [1.82, 2.24) is 4.98 Å². The van der Waals surface area contributed by atoms with E-state index < -0.39 is 11.9 Å². The van der Waals surface area contributed by atoms with Crippen LogP contribution in [0.1, 0.15) is 10.4 Å². The van der Waals surface area contributed by atoms with Crippen LogP contribution in [0.5, 0.6) is 11.5 Å². The number of carbonyl (C=O) groups excluding carboxylic acids is 2. The maximum absolute atomic E-state index is 11.8. The lowest BCUT2D eigenvalue weighted by Crippen LogP contribution is -2.20. The van der Waals surface area contributed by atoms with Crippen LogP contribution in [-0.2, 0) is 9.53 Å². The van der Waals surface area contributed by atoms with Crippen molar-refractivity contribution < 1.29 is 23.8 Å². The van der Waals surface area contributed by atoms with E-state index in [-0.39, 0.29) is 13.4 Å². The smallest absolute Gasteiger partial charge is 0.338 e. The lowest BCUT2D eigenvalue weighted by atomic mass is 10.2. The van der Waals surface area contributed by atoms with Gasteiger partial charge in [0, 0.05) is 11.6 Å². The Morgan fingerprint density at radius 3 is 3.00 bits per heavy atom. The number of amides is 1. The van der Waals surface area contributed by atoms with Gasteiger partial charge in [-0.2, -0.15) is 0 Å². The highest BCUT2D eigenvalue weighted by Crippen LogP contribution is 2.32. The largest absolute Gasteiger partial charge is 0.454 e. The maximum Gasteiger partial charge on any atom is 0.338 e. The highest BCUT2D eigenvalue weighted by Gasteiger charge is 2.17. The van der Waals surface area contributed by atoms with Gasteiger partial charge in [-0.3, -0.25) is 10.1 Å². The van der Waals surface area contributed by atoms with Gasteiger partial charge >= 0.3 is 5.97 Å². The summed E-state index contributed by atoms with van der Waals surface area (Å²) in [6.45, 7) is -0.253. The molecule has 2 heterocycles. The van der Waals surface area contributed by atoms with Gasteiger partial charge in [-0.15, -0.1) is 11.3 Å². The number of fused-ring (bicyclic) bond motifs is 1. The van der Waals surface area contributed by atoms with Gasteiger partial charge < -0.3 is 14.2 Å². The fourth-order valence-corrected chi connectivity index (χ4v) is 2.22. The van der Waals surface area contributed by atoms with Crippen molar-refractivity contribution in [2.24, 2.45) is 0 Å². The van der Waals surface area contributed by atoms with Gasteiger partial charge in [0.15, 0.2) is 23.2 Å². The molecule has 1 N–H and O–H groups in total. The van der Waals surface area contributed by atoms with Crippen molar-refractivity contribution in [2.75, 3.05) is 18.7 Å². The summed E-state index contributed by atoms with van der Waals surface area (Å²) in [5, 5.41) is 4.70. The molecule has 0 atom stereocenters. The van der Waals surface area contributed by atoms with Gasteiger partial charge in [-0.1, -0.05) is 0 Å². The summed E-state index contributed by atoms with van der Waals surface area (Å²) >= 11 is 1.28. The second-order valence-corrected chi connectivity index (χ2v) is 4.92. The quantitative estimate of drug-likeness (QED) is 0.865. The van der Waals surface area contributed by atoms with Crippen LogP contribution in [0.25, 0.3) is 0 Å². The Labute approximate surface area is 123 Å². The average molecular weight is 306 g/mol. The fourth-order valence-electron chi connectivity index (χ4n) is 1.68. The molecule has 1 aromatic heterocycles. The minimum atomic E-state index is -0.609. The van der Waals surface area contributed by atoms with Crippen LogP contribution >= 0.6 is 11.3 Å². The number of rotatable bonds is 4. The first kappa shape index (κ1) is 13.4. The van der Waals surface area contributed by atoms with Gasteiger partial charge in [0.05, 0.1) is 5.56 Å². The minimum Gasteiger partial charge on any atom is -0.454 e. The summed E-state index contributed by atoms with van der Waals surface area (Å²) in [5.74, 6) is 0.00591. The van der Waals surface area contributed by atoms with Crippen molar-refractivity contribution in [2.45, 2.75) is 0 Å². The number of esters is 1. The molecule has 1 aliphatic rings. The molecule has 0 bridgehead atoms. The molecule has 0 aliphatic carbocycles. The molecule has 0 spiro atoms. The van der Waals surface area contributed by atoms with Gasteiger partial charge in [-0.05, 0) is 18.2 Å². The Balaban J connectivity index is 1.55. The van der Waals surface area contributed by atoms with Crippen LogP contribution in [0.3, 0.4) is 0 Å². The molecule has 0 unspecified atom stereocenters. The van der Waals surface area contributed by atoms with E-state index >= 15 is 0 Å². The SMILES string of the molecule is O=C(COC(=O)c1ccc2c(c1)OCO2)Nc1nccs1. The summed E-state index contributed by atoms with van der Waals surface area (Å²) in [6, 6.07) is 4.69. The van der Waals surface area contributed by atoms with E-state index in [2.05, 4.69) is 10.3 Å². The number of nitrogens with zero attached hydrogens (tertiary/aromatic N) is 1. The topological polar surface area (TPSA) is 86.8 Å². The van der Waals surface area contributed by atoms with Crippen LogP contribution in [0.4, 0.5) is 5.13 Å². The third-order valence-electron chi connectivity index (χ3n) is 2.62.